The monoisotopic (exact) mass is 981 g/mol. The second-order valence-electron chi connectivity index (χ2n) is 20.5. The van der Waals surface area contributed by atoms with Crippen molar-refractivity contribution in [3.8, 4) is 44.5 Å². The Morgan fingerprint density at radius 2 is 0.935 bits per heavy atom. The van der Waals surface area contributed by atoms with E-state index in [-0.39, 0.29) is 0 Å². The molecule has 0 bridgehead atoms. The van der Waals surface area contributed by atoms with Gasteiger partial charge in [0.2, 0.25) is 0 Å². The molecule has 0 saturated heterocycles. The normalized spacial score (nSPS) is 15.4. The van der Waals surface area contributed by atoms with Crippen molar-refractivity contribution in [2.75, 3.05) is 4.90 Å². The Hall–Kier alpha value is -9.76. The number of rotatable bonds is 9. The third-order valence-corrected chi connectivity index (χ3v) is 16.9. The van der Waals surface area contributed by atoms with Crippen LogP contribution in [0.25, 0.3) is 72.0 Å². The molecule has 11 aromatic carbocycles. The lowest BCUT2D eigenvalue weighted by Gasteiger charge is -2.41. The van der Waals surface area contributed by atoms with E-state index >= 15 is 0 Å². The summed E-state index contributed by atoms with van der Waals surface area (Å²) >= 11 is 0. The van der Waals surface area contributed by atoms with Gasteiger partial charge in [-0.05, 0) is 132 Å². The minimum Gasteiger partial charge on any atom is -0.456 e. The molecule has 0 saturated carbocycles. The van der Waals surface area contributed by atoms with Crippen LogP contribution in [0.1, 0.15) is 51.4 Å². The standard InChI is InChI=1S/C75H51NO/c1-3-25-52(49-26-7-5-8-27-49)61(4-2)75(62-37-17-11-30-53(62)50-28-9-6-10-29-50)65-40-20-14-33-56(65)58-36-23-44-69(73(58)75)76(51-46-47-71-60(48-51)57-34-16-22-45-70(57)77-71)68-43-24-42-67-72(68)59-35-15-21-41-66(59)74(67)63-38-18-12-31-54(63)55-32-13-19-39-64(55)74/h3-48H,2H2,1H3/b25-3-,61-52-. The SMILES string of the molecule is C=C/C(=C(\C=C/C)c1ccccc1)C1(c2ccccc2-c2ccccc2)c2ccccc2-c2cccc(N(c3ccc4oc5ccccc5c4c3)c3cccc4c3-c3ccccc3C43c4ccccc4-c4ccccc43)c21. The molecule has 1 heterocycles. The summed E-state index contributed by atoms with van der Waals surface area (Å²) in [5.74, 6) is 0. The number of benzene rings is 11. The summed E-state index contributed by atoms with van der Waals surface area (Å²) in [4.78, 5) is 2.59. The highest BCUT2D eigenvalue weighted by Crippen LogP contribution is 2.67. The van der Waals surface area contributed by atoms with E-state index in [0.29, 0.717) is 0 Å². The van der Waals surface area contributed by atoms with Crippen molar-refractivity contribution in [2.24, 2.45) is 0 Å². The van der Waals surface area contributed by atoms with Crippen LogP contribution in [-0.4, -0.2) is 0 Å². The van der Waals surface area contributed by atoms with Crippen molar-refractivity contribution >= 4 is 44.6 Å². The Labute approximate surface area is 449 Å². The Bertz CT molecular complexity index is 4390. The van der Waals surface area contributed by atoms with Gasteiger partial charge < -0.3 is 9.32 Å². The topological polar surface area (TPSA) is 16.4 Å². The molecule has 3 aliphatic carbocycles. The maximum absolute atomic E-state index is 6.61. The Morgan fingerprint density at radius 1 is 0.429 bits per heavy atom. The number of fused-ring (bicyclic) bond motifs is 16. The lowest BCUT2D eigenvalue weighted by Crippen LogP contribution is -2.32. The van der Waals surface area contributed by atoms with Crippen LogP contribution in [0.5, 0.6) is 0 Å². The van der Waals surface area contributed by atoms with Gasteiger partial charge in [0, 0.05) is 27.6 Å². The van der Waals surface area contributed by atoms with Gasteiger partial charge >= 0.3 is 0 Å². The van der Waals surface area contributed by atoms with E-state index in [9.17, 15) is 0 Å². The molecule has 12 aromatic rings. The van der Waals surface area contributed by atoms with Gasteiger partial charge in [-0.2, -0.15) is 0 Å². The molecule has 1 unspecified atom stereocenters. The quantitative estimate of drug-likeness (QED) is 0.134. The Morgan fingerprint density at radius 3 is 1.62 bits per heavy atom. The van der Waals surface area contributed by atoms with Gasteiger partial charge in [-0.1, -0.05) is 249 Å². The number of anilines is 3. The molecule has 2 nitrogen and oxygen atoms in total. The summed E-state index contributed by atoms with van der Waals surface area (Å²) in [5, 5.41) is 2.15. The molecule has 362 valence electrons. The molecule has 1 atom stereocenters. The lowest BCUT2D eigenvalue weighted by molar-refractivity contribution is 0.669. The molecule has 0 fully saturated rings. The highest BCUT2D eigenvalue weighted by molar-refractivity contribution is 6.09. The number of furan rings is 1. The van der Waals surface area contributed by atoms with Gasteiger partial charge in [0.25, 0.3) is 0 Å². The van der Waals surface area contributed by atoms with E-state index in [0.717, 1.165) is 66.8 Å². The fraction of sp³-hybridized carbons (Fsp3) is 0.0400. The first-order valence-electron chi connectivity index (χ1n) is 26.7. The van der Waals surface area contributed by atoms with Crippen molar-refractivity contribution in [2.45, 2.75) is 17.8 Å². The number of hydrogen-bond acceptors (Lipinski definition) is 2. The third kappa shape index (κ3) is 6.18. The summed E-state index contributed by atoms with van der Waals surface area (Å²) in [6.07, 6.45) is 6.61. The first-order chi connectivity index (χ1) is 38.2. The second kappa shape index (κ2) is 17.4. The molecule has 77 heavy (non-hydrogen) atoms. The Kier molecular flexibility index (Phi) is 10.1. The minimum atomic E-state index is -0.924. The van der Waals surface area contributed by atoms with Crippen LogP contribution in [0.3, 0.4) is 0 Å². The summed E-state index contributed by atoms with van der Waals surface area (Å²) in [7, 11) is 0. The summed E-state index contributed by atoms with van der Waals surface area (Å²) in [6, 6.07) is 96.5. The van der Waals surface area contributed by atoms with Crippen LogP contribution in [-0.2, 0) is 10.8 Å². The zero-order valence-corrected chi connectivity index (χ0v) is 42.6. The van der Waals surface area contributed by atoms with Gasteiger partial charge in [0.15, 0.2) is 0 Å². The van der Waals surface area contributed by atoms with Crippen molar-refractivity contribution in [1.82, 2.24) is 0 Å². The molecule has 0 N–H and O–H groups in total. The number of allylic oxidation sites excluding steroid dienone is 5. The Balaban J connectivity index is 1.12. The average molecular weight is 982 g/mol. The van der Waals surface area contributed by atoms with Crippen molar-refractivity contribution in [3.63, 3.8) is 0 Å². The summed E-state index contributed by atoms with van der Waals surface area (Å²) in [5.41, 5.74) is 25.2. The van der Waals surface area contributed by atoms with Crippen LogP contribution in [0, 0.1) is 0 Å². The van der Waals surface area contributed by atoms with Crippen molar-refractivity contribution in [3.05, 3.63) is 336 Å². The molecular weight excluding hydrogens is 931 g/mol. The number of nitrogens with zero attached hydrogens (tertiary/aromatic N) is 1. The van der Waals surface area contributed by atoms with Crippen LogP contribution >= 0.6 is 0 Å². The number of para-hydroxylation sites is 1. The first-order valence-corrected chi connectivity index (χ1v) is 26.7. The van der Waals surface area contributed by atoms with Crippen LogP contribution in [0.2, 0.25) is 0 Å². The smallest absolute Gasteiger partial charge is 0.135 e. The fourth-order valence-electron chi connectivity index (χ4n) is 14.1. The maximum atomic E-state index is 6.61. The van der Waals surface area contributed by atoms with Gasteiger partial charge in [0.1, 0.15) is 11.2 Å². The van der Waals surface area contributed by atoms with Gasteiger partial charge in [-0.15, -0.1) is 0 Å². The van der Waals surface area contributed by atoms with E-state index in [1.165, 1.54) is 72.3 Å². The van der Waals surface area contributed by atoms with E-state index in [2.05, 4.69) is 291 Å². The van der Waals surface area contributed by atoms with Crippen LogP contribution < -0.4 is 4.90 Å². The van der Waals surface area contributed by atoms with Gasteiger partial charge in [-0.3, -0.25) is 0 Å². The predicted molar refractivity (Wildman–Crippen MR) is 320 cm³/mol. The molecule has 2 heteroatoms. The summed E-state index contributed by atoms with van der Waals surface area (Å²) in [6.45, 7) is 6.96. The molecule has 1 spiro atoms. The first kappa shape index (κ1) is 44.7. The highest BCUT2D eigenvalue weighted by Gasteiger charge is 2.54. The number of hydrogen-bond donors (Lipinski definition) is 0. The molecular formula is C75H51NO. The molecule has 0 radical (unpaired) electrons. The maximum Gasteiger partial charge on any atom is 0.135 e. The van der Waals surface area contributed by atoms with Gasteiger partial charge in [0.05, 0.1) is 22.2 Å². The second-order valence-corrected chi connectivity index (χ2v) is 20.5. The lowest BCUT2D eigenvalue weighted by atomic mass is 9.63. The fourth-order valence-corrected chi connectivity index (χ4v) is 14.1. The molecule has 1 aromatic heterocycles. The zero-order valence-electron chi connectivity index (χ0n) is 42.6. The average Bonchev–Trinajstić information content (AvgIpc) is 4.22. The van der Waals surface area contributed by atoms with E-state index in [1.807, 2.05) is 0 Å². The van der Waals surface area contributed by atoms with E-state index in [1.54, 1.807) is 0 Å². The van der Waals surface area contributed by atoms with E-state index < -0.39 is 10.8 Å². The zero-order chi connectivity index (χ0) is 51.2. The highest BCUT2D eigenvalue weighted by atomic mass is 16.3. The van der Waals surface area contributed by atoms with Crippen LogP contribution in [0.4, 0.5) is 17.1 Å². The van der Waals surface area contributed by atoms with E-state index in [4.69, 9.17) is 11.0 Å². The minimum absolute atomic E-state index is 0.547. The molecule has 0 amide bonds. The molecule has 0 aliphatic heterocycles. The largest absolute Gasteiger partial charge is 0.456 e. The van der Waals surface area contributed by atoms with Crippen LogP contribution in [0.15, 0.2) is 296 Å². The third-order valence-electron chi connectivity index (χ3n) is 16.9. The predicted octanol–water partition coefficient (Wildman–Crippen LogP) is 19.6. The van der Waals surface area contributed by atoms with Gasteiger partial charge in [-0.25, -0.2) is 0 Å². The van der Waals surface area contributed by atoms with Crippen molar-refractivity contribution in [1.29, 1.82) is 0 Å². The molecule has 3 aliphatic rings. The molecule has 15 rings (SSSR count). The summed E-state index contributed by atoms with van der Waals surface area (Å²) < 4.78 is 6.61. The van der Waals surface area contributed by atoms with Crippen molar-refractivity contribution < 1.29 is 4.42 Å².